The lowest BCUT2D eigenvalue weighted by Crippen LogP contribution is -1.98. The minimum Gasteiger partial charge on any atom is -0.496 e. The molecule has 0 atom stereocenters. The van der Waals surface area contributed by atoms with E-state index < -0.39 is 5.97 Å². The van der Waals surface area contributed by atoms with Gasteiger partial charge in [-0.15, -0.1) is 0 Å². The van der Waals surface area contributed by atoms with Crippen molar-refractivity contribution in [2.75, 3.05) is 7.11 Å². The van der Waals surface area contributed by atoms with E-state index in [1.54, 1.807) is 12.3 Å². The van der Waals surface area contributed by atoms with E-state index >= 15 is 0 Å². The number of fused-ring (bicyclic) bond motifs is 1. The number of carbonyl (C=O) groups is 1. The third kappa shape index (κ3) is 1.95. The molecule has 0 aliphatic heterocycles. The Bertz CT molecular complexity index is 764. The maximum absolute atomic E-state index is 11.0. The first-order valence-corrected chi connectivity index (χ1v) is 5.76. The van der Waals surface area contributed by atoms with Gasteiger partial charge in [-0.05, 0) is 18.2 Å². The summed E-state index contributed by atoms with van der Waals surface area (Å²) in [4.78, 5) is 26.3. The SMILES string of the molecule is COc1cc(C(=O)O)ccc1-c1nc2ncncc2[nH]1. The Morgan fingerprint density at radius 1 is 1.40 bits per heavy atom. The van der Waals surface area contributed by atoms with Gasteiger partial charge in [-0.25, -0.2) is 19.7 Å². The first kappa shape index (κ1) is 12.1. The van der Waals surface area contributed by atoms with E-state index in [0.29, 0.717) is 28.3 Å². The summed E-state index contributed by atoms with van der Waals surface area (Å²) >= 11 is 0. The van der Waals surface area contributed by atoms with Crippen molar-refractivity contribution < 1.29 is 14.6 Å². The zero-order valence-corrected chi connectivity index (χ0v) is 10.5. The van der Waals surface area contributed by atoms with Crippen LogP contribution in [0.4, 0.5) is 0 Å². The minimum atomic E-state index is -1.01. The molecule has 20 heavy (non-hydrogen) atoms. The third-order valence-corrected chi connectivity index (χ3v) is 2.87. The number of benzene rings is 1. The fourth-order valence-electron chi connectivity index (χ4n) is 1.91. The molecule has 3 aromatic rings. The Morgan fingerprint density at radius 3 is 2.95 bits per heavy atom. The second-order valence-corrected chi connectivity index (χ2v) is 4.07. The van der Waals surface area contributed by atoms with E-state index in [1.807, 2.05) is 0 Å². The van der Waals surface area contributed by atoms with E-state index in [-0.39, 0.29) is 5.56 Å². The van der Waals surface area contributed by atoms with Crippen molar-refractivity contribution in [3.05, 3.63) is 36.3 Å². The van der Waals surface area contributed by atoms with Gasteiger partial charge in [0.2, 0.25) is 0 Å². The topological polar surface area (TPSA) is 101 Å². The molecule has 1 aromatic carbocycles. The van der Waals surface area contributed by atoms with Crippen LogP contribution in [0.3, 0.4) is 0 Å². The highest BCUT2D eigenvalue weighted by Gasteiger charge is 2.14. The molecular formula is C13H10N4O3. The number of imidazole rings is 1. The summed E-state index contributed by atoms with van der Waals surface area (Å²) in [6.45, 7) is 0. The molecule has 0 amide bonds. The van der Waals surface area contributed by atoms with Crippen molar-refractivity contribution in [3.63, 3.8) is 0 Å². The number of aromatic amines is 1. The largest absolute Gasteiger partial charge is 0.496 e. The molecule has 100 valence electrons. The van der Waals surface area contributed by atoms with Crippen molar-refractivity contribution in [2.24, 2.45) is 0 Å². The van der Waals surface area contributed by atoms with Crippen molar-refractivity contribution >= 4 is 17.1 Å². The van der Waals surface area contributed by atoms with Gasteiger partial charge in [-0.3, -0.25) is 0 Å². The molecule has 2 heterocycles. The van der Waals surface area contributed by atoms with Gasteiger partial charge < -0.3 is 14.8 Å². The summed E-state index contributed by atoms with van der Waals surface area (Å²) in [6, 6.07) is 4.60. The number of hydrogen-bond acceptors (Lipinski definition) is 5. The van der Waals surface area contributed by atoms with E-state index in [2.05, 4.69) is 19.9 Å². The van der Waals surface area contributed by atoms with E-state index in [4.69, 9.17) is 9.84 Å². The van der Waals surface area contributed by atoms with E-state index in [9.17, 15) is 4.79 Å². The number of aromatic nitrogens is 4. The van der Waals surface area contributed by atoms with E-state index in [0.717, 1.165) is 0 Å². The highest BCUT2D eigenvalue weighted by atomic mass is 16.5. The van der Waals surface area contributed by atoms with Crippen LogP contribution in [0.5, 0.6) is 5.75 Å². The van der Waals surface area contributed by atoms with Crippen LogP contribution in [-0.4, -0.2) is 38.1 Å². The number of nitrogens with one attached hydrogen (secondary N) is 1. The number of carboxylic acids is 1. The summed E-state index contributed by atoms with van der Waals surface area (Å²) in [5.74, 6) is -0.0310. The molecule has 2 N–H and O–H groups in total. The van der Waals surface area contributed by atoms with Gasteiger partial charge in [0, 0.05) is 0 Å². The highest BCUT2D eigenvalue weighted by Crippen LogP contribution is 2.29. The fraction of sp³-hybridized carbons (Fsp3) is 0.0769. The number of H-pyrrole nitrogens is 1. The summed E-state index contributed by atoms with van der Waals surface area (Å²) in [5.41, 5.74) is 2.06. The lowest BCUT2D eigenvalue weighted by Gasteiger charge is -2.06. The molecular weight excluding hydrogens is 260 g/mol. The summed E-state index contributed by atoms with van der Waals surface area (Å²) in [5, 5.41) is 8.98. The molecule has 0 radical (unpaired) electrons. The standard InChI is InChI=1S/C13H10N4O3/c1-20-10-4-7(13(18)19)2-3-8(10)11-16-9-5-14-6-15-12(9)17-11/h2-6H,1H3,(H,18,19)(H,14,15,16,17). The maximum atomic E-state index is 11.0. The second kappa shape index (κ2) is 4.61. The Hall–Kier alpha value is -2.96. The van der Waals surface area contributed by atoms with Crippen LogP contribution >= 0.6 is 0 Å². The van der Waals surface area contributed by atoms with Crippen LogP contribution in [0.25, 0.3) is 22.6 Å². The number of rotatable bonds is 3. The molecule has 0 aliphatic carbocycles. The third-order valence-electron chi connectivity index (χ3n) is 2.87. The molecule has 0 fully saturated rings. The van der Waals surface area contributed by atoms with E-state index in [1.165, 1.54) is 25.6 Å². The van der Waals surface area contributed by atoms with Gasteiger partial charge in [-0.2, -0.15) is 0 Å². The zero-order valence-electron chi connectivity index (χ0n) is 10.5. The monoisotopic (exact) mass is 270 g/mol. The lowest BCUT2D eigenvalue weighted by molar-refractivity contribution is 0.0696. The van der Waals surface area contributed by atoms with Crippen molar-refractivity contribution in [1.82, 2.24) is 19.9 Å². The number of nitrogens with zero attached hydrogens (tertiary/aromatic N) is 3. The number of aromatic carboxylic acids is 1. The molecule has 0 spiro atoms. The van der Waals surface area contributed by atoms with Crippen LogP contribution < -0.4 is 4.74 Å². The van der Waals surface area contributed by atoms with Gasteiger partial charge in [0.15, 0.2) is 5.65 Å². The lowest BCUT2D eigenvalue weighted by atomic mass is 10.1. The van der Waals surface area contributed by atoms with Crippen molar-refractivity contribution in [1.29, 1.82) is 0 Å². The minimum absolute atomic E-state index is 0.154. The Morgan fingerprint density at radius 2 is 2.25 bits per heavy atom. The number of hydrogen-bond donors (Lipinski definition) is 2. The average molecular weight is 270 g/mol. The fourth-order valence-corrected chi connectivity index (χ4v) is 1.91. The Labute approximate surface area is 113 Å². The molecule has 0 saturated heterocycles. The first-order chi connectivity index (χ1) is 9.69. The van der Waals surface area contributed by atoms with Crippen LogP contribution in [0, 0.1) is 0 Å². The first-order valence-electron chi connectivity index (χ1n) is 5.76. The predicted molar refractivity (Wildman–Crippen MR) is 70.6 cm³/mol. The molecule has 0 aliphatic rings. The molecule has 2 aromatic heterocycles. The van der Waals surface area contributed by atoms with Gasteiger partial charge >= 0.3 is 5.97 Å². The maximum Gasteiger partial charge on any atom is 0.335 e. The second-order valence-electron chi connectivity index (χ2n) is 4.07. The van der Waals surface area contributed by atoms with Gasteiger partial charge in [0.05, 0.1) is 24.4 Å². The van der Waals surface area contributed by atoms with Crippen LogP contribution in [0.1, 0.15) is 10.4 Å². The Kier molecular flexibility index (Phi) is 2.79. The zero-order chi connectivity index (χ0) is 14.1. The van der Waals surface area contributed by atoms with Crippen molar-refractivity contribution in [2.45, 2.75) is 0 Å². The molecule has 0 bridgehead atoms. The van der Waals surface area contributed by atoms with Crippen molar-refractivity contribution in [3.8, 4) is 17.1 Å². The number of methoxy groups -OCH3 is 1. The average Bonchev–Trinajstić information content (AvgIpc) is 2.90. The normalized spacial score (nSPS) is 10.7. The molecule has 7 heteroatoms. The highest BCUT2D eigenvalue weighted by molar-refractivity contribution is 5.89. The smallest absolute Gasteiger partial charge is 0.335 e. The van der Waals surface area contributed by atoms with Gasteiger partial charge in [0.25, 0.3) is 0 Å². The molecule has 0 saturated carbocycles. The molecule has 3 rings (SSSR count). The predicted octanol–water partition coefficient (Wildman–Crippen LogP) is 1.73. The van der Waals surface area contributed by atoms with Crippen LogP contribution in [0.2, 0.25) is 0 Å². The summed E-state index contributed by atoms with van der Waals surface area (Å²) in [7, 11) is 1.48. The number of ether oxygens (including phenoxy) is 1. The molecule has 0 unspecified atom stereocenters. The Balaban J connectivity index is 2.15. The quantitative estimate of drug-likeness (QED) is 0.751. The van der Waals surface area contributed by atoms with Crippen LogP contribution in [0.15, 0.2) is 30.7 Å². The summed E-state index contributed by atoms with van der Waals surface area (Å²) < 4.78 is 5.23. The van der Waals surface area contributed by atoms with Gasteiger partial charge in [-0.1, -0.05) is 0 Å². The number of carboxylic acid groups (broad SMARTS) is 1. The van der Waals surface area contributed by atoms with Crippen LogP contribution in [-0.2, 0) is 0 Å². The molecule has 7 nitrogen and oxygen atoms in total. The van der Waals surface area contributed by atoms with Gasteiger partial charge in [0.1, 0.15) is 23.4 Å². The summed E-state index contributed by atoms with van der Waals surface area (Å²) in [6.07, 6.45) is 3.04.